The average molecular weight is 174 g/mol. The molecule has 0 aliphatic carbocycles. The molecule has 0 heterocycles. The Balaban J connectivity index is 0.000001000. The summed E-state index contributed by atoms with van der Waals surface area (Å²) in [7, 11) is 0. The van der Waals surface area contributed by atoms with E-state index in [1.54, 1.807) is 0 Å². The smallest absolute Gasteiger partial charge is 0.0681 e. The van der Waals surface area contributed by atoms with Crippen molar-refractivity contribution in [2.75, 3.05) is 0 Å². The molecular formula is C8H12ClNO. The third-order valence-electron chi connectivity index (χ3n) is 1.44. The maximum Gasteiger partial charge on any atom is 0.0681 e. The van der Waals surface area contributed by atoms with Crippen LogP contribution in [0.1, 0.15) is 11.1 Å². The largest absolute Gasteiger partial charge is 0.392 e. The lowest BCUT2D eigenvalue weighted by Gasteiger charge is -1.97. The SMILES string of the molecule is Cl.NCc1ccc(CO)cc1. The summed E-state index contributed by atoms with van der Waals surface area (Å²) in [5.41, 5.74) is 7.40. The van der Waals surface area contributed by atoms with Crippen molar-refractivity contribution >= 4 is 12.4 Å². The van der Waals surface area contributed by atoms with Crippen molar-refractivity contribution < 1.29 is 5.11 Å². The van der Waals surface area contributed by atoms with E-state index in [-0.39, 0.29) is 19.0 Å². The maximum atomic E-state index is 8.67. The molecule has 3 heteroatoms. The van der Waals surface area contributed by atoms with Crippen LogP contribution in [0.15, 0.2) is 24.3 Å². The van der Waals surface area contributed by atoms with Gasteiger partial charge in [-0.2, -0.15) is 0 Å². The van der Waals surface area contributed by atoms with Crippen molar-refractivity contribution in [3.05, 3.63) is 35.4 Å². The lowest BCUT2D eigenvalue weighted by atomic mass is 10.1. The van der Waals surface area contributed by atoms with Gasteiger partial charge in [0.25, 0.3) is 0 Å². The Morgan fingerprint density at radius 3 is 1.91 bits per heavy atom. The molecule has 0 aromatic heterocycles. The lowest BCUT2D eigenvalue weighted by Crippen LogP contribution is -1.95. The molecule has 0 spiro atoms. The normalized spacial score (nSPS) is 8.91. The predicted molar refractivity (Wildman–Crippen MR) is 47.5 cm³/mol. The Hall–Kier alpha value is -0.570. The fraction of sp³-hybridized carbons (Fsp3) is 0.250. The van der Waals surface area contributed by atoms with Crippen molar-refractivity contribution in [1.29, 1.82) is 0 Å². The predicted octanol–water partition coefficient (Wildman–Crippen LogP) is 1.06. The number of benzene rings is 1. The van der Waals surface area contributed by atoms with Crippen LogP contribution < -0.4 is 5.73 Å². The summed E-state index contributed by atoms with van der Waals surface area (Å²) in [6.45, 7) is 0.663. The highest BCUT2D eigenvalue weighted by Gasteiger charge is 1.89. The third kappa shape index (κ3) is 2.89. The number of rotatable bonds is 2. The minimum absolute atomic E-state index is 0. The van der Waals surface area contributed by atoms with Gasteiger partial charge in [-0.25, -0.2) is 0 Å². The van der Waals surface area contributed by atoms with E-state index in [2.05, 4.69) is 0 Å². The van der Waals surface area contributed by atoms with Crippen LogP contribution in [0, 0.1) is 0 Å². The van der Waals surface area contributed by atoms with Crippen molar-refractivity contribution in [3.8, 4) is 0 Å². The Kier molecular flexibility index (Phi) is 4.86. The fourth-order valence-electron chi connectivity index (χ4n) is 0.781. The van der Waals surface area contributed by atoms with Crippen LogP contribution in [0.25, 0.3) is 0 Å². The van der Waals surface area contributed by atoms with Crippen LogP contribution in [0.4, 0.5) is 0 Å². The van der Waals surface area contributed by atoms with E-state index in [4.69, 9.17) is 10.8 Å². The molecule has 1 rings (SSSR count). The highest BCUT2D eigenvalue weighted by Crippen LogP contribution is 2.02. The van der Waals surface area contributed by atoms with E-state index in [0.717, 1.165) is 11.1 Å². The topological polar surface area (TPSA) is 46.2 Å². The zero-order chi connectivity index (χ0) is 7.40. The highest BCUT2D eigenvalue weighted by atomic mass is 35.5. The summed E-state index contributed by atoms with van der Waals surface area (Å²) in [4.78, 5) is 0. The van der Waals surface area contributed by atoms with Crippen LogP contribution in [0.3, 0.4) is 0 Å². The molecule has 1 aromatic rings. The number of hydrogen-bond donors (Lipinski definition) is 2. The van der Waals surface area contributed by atoms with E-state index in [0.29, 0.717) is 6.54 Å². The monoisotopic (exact) mass is 173 g/mol. The number of halogens is 1. The second-order valence-electron chi connectivity index (χ2n) is 2.18. The van der Waals surface area contributed by atoms with E-state index < -0.39 is 0 Å². The molecule has 0 radical (unpaired) electrons. The standard InChI is InChI=1S/C8H11NO.ClH/c9-5-7-1-3-8(6-10)4-2-7;/h1-4,10H,5-6,9H2;1H. The first-order valence-corrected chi connectivity index (χ1v) is 3.25. The first-order chi connectivity index (χ1) is 4.86. The molecule has 0 saturated heterocycles. The molecular weight excluding hydrogens is 162 g/mol. The van der Waals surface area contributed by atoms with Gasteiger partial charge in [0, 0.05) is 6.54 Å². The first-order valence-electron chi connectivity index (χ1n) is 3.25. The van der Waals surface area contributed by atoms with Gasteiger partial charge in [0.2, 0.25) is 0 Å². The number of aliphatic hydroxyl groups is 1. The summed E-state index contributed by atoms with van der Waals surface area (Å²) in [5, 5.41) is 8.67. The summed E-state index contributed by atoms with van der Waals surface area (Å²) in [6.07, 6.45) is 0. The third-order valence-corrected chi connectivity index (χ3v) is 1.44. The molecule has 0 amide bonds. The van der Waals surface area contributed by atoms with Crippen LogP contribution in [-0.4, -0.2) is 5.11 Å². The van der Waals surface area contributed by atoms with Crippen molar-refractivity contribution in [2.45, 2.75) is 13.2 Å². The molecule has 0 saturated carbocycles. The second kappa shape index (κ2) is 5.13. The fourth-order valence-corrected chi connectivity index (χ4v) is 0.781. The Morgan fingerprint density at radius 1 is 1.09 bits per heavy atom. The van der Waals surface area contributed by atoms with E-state index in [1.807, 2.05) is 24.3 Å². The van der Waals surface area contributed by atoms with Gasteiger partial charge in [-0.3, -0.25) is 0 Å². The van der Waals surface area contributed by atoms with Gasteiger partial charge in [0.05, 0.1) is 6.61 Å². The molecule has 0 bridgehead atoms. The Morgan fingerprint density at radius 2 is 1.55 bits per heavy atom. The maximum absolute atomic E-state index is 8.67. The molecule has 0 aliphatic rings. The molecule has 0 aliphatic heterocycles. The van der Waals surface area contributed by atoms with Crippen LogP contribution in [0.5, 0.6) is 0 Å². The molecule has 3 N–H and O–H groups in total. The average Bonchev–Trinajstić information content (AvgIpc) is 2.05. The zero-order valence-electron chi connectivity index (χ0n) is 6.16. The summed E-state index contributed by atoms with van der Waals surface area (Å²) >= 11 is 0. The van der Waals surface area contributed by atoms with Crippen LogP contribution in [0.2, 0.25) is 0 Å². The van der Waals surface area contributed by atoms with Gasteiger partial charge in [0.1, 0.15) is 0 Å². The van der Waals surface area contributed by atoms with E-state index in [1.165, 1.54) is 0 Å². The van der Waals surface area contributed by atoms with Gasteiger partial charge in [0.15, 0.2) is 0 Å². The minimum atomic E-state index is 0. The Labute approximate surface area is 72.4 Å². The van der Waals surface area contributed by atoms with Gasteiger partial charge in [-0.15, -0.1) is 12.4 Å². The minimum Gasteiger partial charge on any atom is -0.392 e. The van der Waals surface area contributed by atoms with Crippen molar-refractivity contribution in [3.63, 3.8) is 0 Å². The molecule has 0 fully saturated rings. The van der Waals surface area contributed by atoms with Gasteiger partial charge in [-0.1, -0.05) is 24.3 Å². The van der Waals surface area contributed by atoms with Gasteiger partial charge < -0.3 is 10.8 Å². The van der Waals surface area contributed by atoms with E-state index in [9.17, 15) is 0 Å². The molecule has 11 heavy (non-hydrogen) atoms. The second-order valence-corrected chi connectivity index (χ2v) is 2.18. The first kappa shape index (κ1) is 10.4. The summed E-state index contributed by atoms with van der Waals surface area (Å²) in [6, 6.07) is 7.60. The zero-order valence-corrected chi connectivity index (χ0v) is 6.97. The summed E-state index contributed by atoms with van der Waals surface area (Å²) < 4.78 is 0. The molecule has 2 nitrogen and oxygen atoms in total. The quantitative estimate of drug-likeness (QED) is 0.703. The number of hydrogen-bond acceptors (Lipinski definition) is 2. The highest BCUT2D eigenvalue weighted by molar-refractivity contribution is 5.85. The number of nitrogens with two attached hydrogens (primary N) is 1. The summed E-state index contributed by atoms with van der Waals surface area (Å²) in [5.74, 6) is 0. The molecule has 1 aromatic carbocycles. The van der Waals surface area contributed by atoms with Gasteiger partial charge in [-0.05, 0) is 11.1 Å². The Bertz CT molecular complexity index is 175. The molecule has 62 valence electrons. The van der Waals surface area contributed by atoms with E-state index >= 15 is 0 Å². The van der Waals surface area contributed by atoms with Crippen molar-refractivity contribution in [2.24, 2.45) is 5.73 Å². The van der Waals surface area contributed by atoms with Crippen molar-refractivity contribution in [1.82, 2.24) is 0 Å². The lowest BCUT2D eigenvalue weighted by molar-refractivity contribution is 0.282. The number of aliphatic hydroxyl groups excluding tert-OH is 1. The van der Waals surface area contributed by atoms with Gasteiger partial charge >= 0.3 is 0 Å². The molecule has 0 unspecified atom stereocenters. The van der Waals surface area contributed by atoms with Crippen LogP contribution in [-0.2, 0) is 13.2 Å². The van der Waals surface area contributed by atoms with Crippen LogP contribution >= 0.6 is 12.4 Å². The molecule has 0 atom stereocenters.